The van der Waals surface area contributed by atoms with Crippen molar-refractivity contribution in [3.8, 4) is 0 Å². The third-order valence-electron chi connectivity index (χ3n) is 2.07. The first-order valence-corrected chi connectivity index (χ1v) is 6.34. The predicted octanol–water partition coefficient (Wildman–Crippen LogP) is 1.70. The molecule has 0 aliphatic carbocycles. The Balaban J connectivity index is 2.22. The summed E-state index contributed by atoms with van der Waals surface area (Å²) in [5.41, 5.74) is 0. The normalized spacial score (nSPS) is 15.3. The molecule has 14 heavy (non-hydrogen) atoms. The van der Waals surface area contributed by atoms with Crippen molar-refractivity contribution >= 4 is 10.8 Å². The minimum Gasteiger partial charge on any atom is -0.468 e. The average molecular weight is 215 g/mol. The lowest BCUT2D eigenvalue weighted by molar-refractivity contribution is 0.437. The molecule has 0 aliphatic rings. The third-order valence-corrected chi connectivity index (χ3v) is 3.38. The fraction of sp³-hybridized carbons (Fsp3) is 0.600. The van der Waals surface area contributed by atoms with E-state index in [0.29, 0.717) is 5.75 Å². The molecule has 80 valence electrons. The fourth-order valence-electron chi connectivity index (χ4n) is 1.17. The van der Waals surface area contributed by atoms with Crippen LogP contribution in [0.2, 0.25) is 0 Å². The van der Waals surface area contributed by atoms with Crippen molar-refractivity contribution < 1.29 is 8.63 Å². The first-order valence-electron chi connectivity index (χ1n) is 4.85. The highest BCUT2D eigenvalue weighted by Gasteiger charge is 2.06. The second-order valence-electron chi connectivity index (χ2n) is 3.12. The van der Waals surface area contributed by atoms with E-state index in [0.717, 1.165) is 18.1 Å². The Kier molecular flexibility index (Phi) is 4.90. The molecule has 1 aromatic heterocycles. The number of nitrogens with one attached hydrogen (secondary N) is 1. The summed E-state index contributed by atoms with van der Waals surface area (Å²) in [6, 6.07) is 4.01. The number of furan rings is 1. The van der Waals surface area contributed by atoms with Crippen LogP contribution in [0.1, 0.15) is 25.6 Å². The standard InChI is InChI=1S/C10H17NO2S/c1-3-14(12)8-6-11-9(2)10-5-4-7-13-10/h4-5,7,9,11H,3,6,8H2,1-2H3. The smallest absolute Gasteiger partial charge is 0.120 e. The van der Waals surface area contributed by atoms with Gasteiger partial charge in [-0.25, -0.2) is 0 Å². The van der Waals surface area contributed by atoms with Crippen LogP contribution in [0.3, 0.4) is 0 Å². The van der Waals surface area contributed by atoms with Gasteiger partial charge in [0, 0.05) is 28.9 Å². The molecule has 3 nitrogen and oxygen atoms in total. The van der Waals surface area contributed by atoms with Crippen LogP contribution in [0.4, 0.5) is 0 Å². The molecule has 0 amide bonds. The van der Waals surface area contributed by atoms with Crippen LogP contribution in [0.5, 0.6) is 0 Å². The lowest BCUT2D eigenvalue weighted by Crippen LogP contribution is -2.23. The summed E-state index contributed by atoms with van der Waals surface area (Å²) >= 11 is 0. The highest BCUT2D eigenvalue weighted by atomic mass is 32.2. The first kappa shape index (κ1) is 11.5. The van der Waals surface area contributed by atoms with Gasteiger partial charge in [0.05, 0.1) is 12.3 Å². The minimum atomic E-state index is -0.683. The number of rotatable bonds is 6. The van der Waals surface area contributed by atoms with Crippen LogP contribution in [0.15, 0.2) is 22.8 Å². The molecule has 0 saturated carbocycles. The maximum Gasteiger partial charge on any atom is 0.120 e. The lowest BCUT2D eigenvalue weighted by atomic mass is 10.2. The van der Waals surface area contributed by atoms with Crippen LogP contribution >= 0.6 is 0 Å². The Morgan fingerprint density at radius 2 is 2.43 bits per heavy atom. The van der Waals surface area contributed by atoms with Gasteiger partial charge in [-0.15, -0.1) is 0 Å². The molecule has 0 saturated heterocycles. The van der Waals surface area contributed by atoms with Gasteiger partial charge in [-0.1, -0.05) is 6.92 Å². The molecule has 2 unspecified atom stereocenters. The maximum atomic E-state index is 11.1. The molecule has 1 heterocycles. The van der Waals surface area contributed by atoms with Crippen LogP contribution < -0.4 is 5.32 Å². The molecule has 4 heteroatoms. The van der Waals surface area contributed by atoms with E-state index in [1.165, 1.54) is 0 Å². The maximum absolute atomic E-state index is 11.1. The number of hydrogen-bond acceptors (Lipinski definition) is 3. The van der Waals surface area contributed by atoms with E-state index in [9.17, 15) is 4.21 Å². The third kappa shape index (κ3) is 3.64. The summed E-state index contributed by atoms with van der Waals surface area (Å²) in [7, 11) is -0.683. The second kappa shape index (κ2) is 5.98. The summed E-state index contributed by atoms with van der Waals surface area (Å²) in [5, 5.41) is 3.26. The zero-order chi connectivity index (χ0) is 10.4. The van der Waals surface area contributed by atoms with Gasteiger partial charge < -0.3 is 9.73 Å². The summed E-state index contributed by atoms with van der Waals surface area (Å²) in [6.45, 7) is 4.74. The fourth-order valence-corrected chi connectivity index (χ4v) is 1.81. The van der Waals surface area contributed by atoms with Gasteiger partial charge >= 0.3 is 0 Å². The van der Waals surface area contributed by atoms with E-state index in [1.54, 1.807) is 6.26 Å². The topological polar surface area (TPSA) is 42.2 Å². The molecule has 1 rings (SSSR count). The van der Waals surface area contributed by atoms with Gasteiger partial charge in [-0.3, -0.25) is 4.21 Å². The van der Waals surface area contributed by atoms with Crippen molar-refractivity contribution in [2.45, 2.75) is 19.9 Å². The first-order chi connectivity index (χ1) is 6.74. The monoisotopic (exact) mass is 215 g/mol. The predicted molar refractivity (Wildman–Crippen MR) is 58.7 cm³/mol. The molecule has 0 radical (unpaired) electrons. The Morgan fingerprint density at radius 3 is 3.00 bits per heavy atom. The van der Waals surface area contributed by atoms with Crippen LogP contribution in [-0.4, -0.2) is 22.3 Å². The Morgan fingerprint density at radius 1 is 1.64 bits per heavy atom. The quantitative estimate of drug-likeness (QED) is 0.785. The van der Waals surface area contributed by atoms with E-state index in [-0.39, 0.29) is 6.04 Å². The Hall–Kier alpha value is -0.610. The van der Waals surface area contributed by atoms with Crippen LogP contribution in [0.25, 0.3) is 0 Å². The van der Waals surface area contributed by atoms with Gasteiger partial charge in [-0.05, 0) is 19.1 Å². The summed E-state index contributed by atoms with van der Waals surface area (Å²) in [4.78, 5) is 0. The molecular formula is C10H17NO2S. The zero-order valence-electron chi connectivity index (χ0n) is 8.66. The van der Waals surface area contributed by atoms with Gasteiger partial charge in [0.2, 0.25) is 0 Å². The van der Waals surface area contributed by atoms with Crippen molar-refractivity contribution in [2.75, 3.05) is 18.1 Å². The molecule has 1 aromatic rings. The second-order valence-corrected chi connectivity index (χ2v) is 4.99. The molecule has 0 bridgehead atoms. The van der Waals surface area contributed by atoms with Crippen LogP contribution in [-0.2, 0) is 10.8 Å². The van der Waals surface area contributed by atoms with Crippen molar-refractivity contribution in [1.29, 1.82) is 0 Å². The molecule has 0 spiro atoms. The average Bonchev–Trinajstić information content (AvgIpc) is 2.70. The molecule has 2 atom stereocenters. The van der Waals surface area contributed by atoms with Crippen molar-refractivity contribution in [1.82, 2.24) is 5.32 Å². The van der Waals surface area contributed by atoms with Gasteiger partial charge in [0.1, 0.15) is 5.76 Å². The van der Waals surface area contributed by atoms with Gasteiger partial charge in [0.25, 0.3) is 0 Å². The number of hydrogen-bond donors (Lipinski definition) is 1. The molecule has 1 N–H and O–H groups in total. The van der Waals surface area contributed by atoms with Gasteiger partial charge in [0.15, 0.2) is 0 Å². The van der Waals surface area contributed by atoms with E-state index in [2.05, 4.69) is 5.32 Å². The van der Waals surface area contributed by atoms with Crippen molar-refractivity contribution in [3.63, 3.8) is 0 Å². The lowest BCUT2D eigenvalue weighted by Gasteiger charge is -2.10. The van der Waals surface area contributed by atoms with Crippen molar-refractivity contribution in [2.24, 2.45) is 0 Å². The minimum absolute atomic E-state index is 0.193. The molecular weight excluding hydrogens is 198 g/mol. The van der Waals surface area contributed by atoms with E-state index in [4.69, 9.17) is 4.42 Å². The highest BCUT2D eigenvalue weighted by molar-refractivity contribution is 7.84. The summed E-state index contributed by atoms with van der Waals surface area (Å²) < 4.78 is 16.4. The molecule has 0 aromatic carbocycles. The molecule has 0 aliphatic heterocycles. The summed E-state index contributed by atoms with van der Waals surface area (Å²) in [5.74, 6) is 2.37. The van der Waals surface area contributed by atoms with Crippen LogP contribution in [0, 0.1) is 0 Å². The van der Waals surface area contributed by atoms with Crippen molar-refractivity contribution in [3.05, 3.63) is 24.2 Å². The summed E-state index contributed by atoms with van der Waals surface area (Å²) in [6.07, 6.45) is 1.66. The SMILES string of the molecule is CCS(=O)CCNC(C)c1ccco1. The largest absolute Gasteiger partial charge is 0.468 e. The Labute approximate surface area is 87.3 Å². The Bertz CT molecular complexity index is 272. The van der Waals surface area contributed by atoms with Gasteiger partial charge in [-0.2, -0.15) is 0 Å². The highest BCUT2D eigenvalue weighted by Crippen LogP contribution is 2.11. The van der Waals surface area contributed by atoms with E-state index >= 15 is 0 Å². The van der Waals surface area contributed by atoms with E-state index in [1.807, 2.05) is 26.0 Å². The van der Waals surface area contributed by atoms with E-state index < -0.39 is 10.8 Å². The zero-order valence-corrected chi connectivity index (χ0v) is 9.47. The molecule has 0 fully saturated rings.